The molecule has 0 saturated carbocycles. The quantitative estimate of drug-likeness (QED) is 0.645. The molecule has 0 nitrogen and oxygen atoms in total. The predicted molar refractivity (Wildman–Crippen MR) is 83.5 cm³/mol. The maximum atomic E-state index is 2.52. The molecule has 17 heavy (non-hydrogen) atoms. The van der Waals surface area contributed by atoms with Crippen LogP contribution in [0.1, 0.15) is 0 Å². The minimum atomic E-state index is -2.26. The number of rotatable bonds is 3. The summed E-state index contributed by atoms with van der Waals surface area (Å²) in [7, 11) is 0. The molecule has 3 rings (SSSR count). The first-order valence-corrected chi connectivity index (χ1v) is 13.3. The Morgan fingerprint density at radius 1 is 0.706 bits per heavy atom. The van der Waals surface area contributed by atoms with Gasteiger partial charge >= 0.3 is 117 Å². The molecule has 0 bridgehead atoms. The molecule has 3 aromatic rings. The molecule has 0 N–H and O–H groups in total. The van der Waals surface area contributed by atoms with Crippen molar-refractivity contribution in [2.45, 2.75) is 5.76 Å². The van der Waals surface area contributed by atoms with Gasteiger partial charge in [-0.1, -0.05) is 0 Å². The normalized spacial score (nSPS) is 11.8. The van der Waals surface area contributed by atoms with Gasteiger partial charge < -0.3 is 0 Å². The number of hydrogen-bond acceptors (Lipinski definition) is 3. The van der Waals surface area contributed by atoms with Crippen molar-refractivity contribution in [1.82, 2.24) is 0 Å². The Balaban J connectivity index is 2.21. The molecule has 0 spiro atoms. The molecule has 4 heteroatoms. The summed E-state index contributed by atoms with van der Waals surface area (Å²) >= 11 is 3.51. The third-order valence-corrected chi connectivity index (χ3v) is 20.9. The molecule has 0 radical (unpaired) electrons. The fourth-order valence-electron chi connectivity index (χ4n) is 2.05. The number of hydrogen-bond donors (Lipinski definition) is 0. The van der Waals surface area contributed by atoms with Gasteiger partial charge in [-0.2, -0.15) is 0 Å². The van der Waals surface area contributed by atoms with E-state index in [4.69, 9.17) is 0 Å². The predicted octanol–water partition coefficient (Wildman–Crippen LogP) is 2.97. The molecule has 0 aromatic carbocycles. The van der Waals surface area contributed by atoms with Crippen molar-refractivity contribution in [3.8, 4) is 0 Å². The second kappa shape index (κ2) is 4.73. The van der Waals surface area contributed by atoms with Gasteiger partial charge in [0.05, 0.1) is 0 Å². The molecule has 0 aliphatic carbocycles. The van der Waals surface area contributed by atoms with Crippen LogP contribution in [-0.4, -0.2) is 13.3 Å². The van der Waals surface area contributed by atoms with E-state index in [2.05, 4.69) is 58.3 Å². The van der Waals surface area contributed by atoms with E-state index in [1.54, 1.807) is 11.1 Å². The summed E-state index contributed by atoms with van der Waals surface area (Å²) in [6.07, 6.45) is 0. The van der Waals surface area contributed by atoms with Crippen molar-refractivity contribution < 1.29 is 0 Å². The third-order valence-electron chi connectivity index (χ3n) is 3.04. The third kappa shape index (κ3) is 1.95. The summed E-state index contributed by atoms with van der Waals surface area (Å²) in [5.41, 5.74) is 0. The van der Waals surface area contributed by atoms with Gasteiger partial charge in [0.1, 0.15) is 0 Å². The Labute approximate surface area is 116 Å². The van der Waals surface area contributed by atoms with Crippen LogP contribution >= 0.6 is 34.0 Å². The van der Waals surface area contributed by atoms with Crippen molar-refractivity contribution in [3.63, 3.8) is 0 Å². The summed E-state index contributed by atoms with van der Waals surface area (Å²) < 4.78 is 4.82. The van der Waals surface area contributed by atoms with E-state index >= 15 is 0 Å². The van der Waals surface area contributed by atoms with Crippen LogP contribution in [0.25, 0.3) is 0 Å². The Kier molecular flexibility index (Phi) is 3.26. The molecule has 3 heterocycles. The Morgan fingerprint density at radius 3 is 1.29 bits per heavy atom. The van der Waals surface area contributed by atoms with Crippen molar-refractivity contribution in [3.05, 3.63) is 52.5 Å². The van der Waals surface area contributed by atoms with E-state index in [1.165, 1.54) is 0 Å². The van der Waals surface area contributed by atoms with Gasteiger partial charge in [0.25, 0.3) is 0 Å². The summed E-state index contributed by atoms with van der Waals surface area (Å²) in [4.78, 5) is 0. The summed E-state index contributed by atoms with van der Waals surface area (Å²) in [5, 5.41) is 6.63. The van der Waals surface area contributed by atoms with Crippen LogP contribution in [0.15, 0.2) is 52.5 Å². The van der Waals surface area contributed by atoms with E-state index in [9.17, 15) is 0 Å². The first kappa shape index (κ1) is 11.7. The molecule has 3 aromatic heterocycles. The van der Waals surface area contributed by atoms with Crippen molar-refractivity contribution in [1.29, 1.82) is 0 Å². The second-order valence-electron chi connectivity index (χ2n) is 4.06. The van der Waals surface area contributed by atoms with Gasteiger partial charge in [-0.3, -0.25) is 0 Å². The fraction of sp³-hybridized carbons (Fsp3) is 0.0769. The van der Waals surface area contributed by atoms with E-state index in [-0.39, 0.29) is 0 Å². The monoisotopic (exact) mass is 338 g/mol. The van der Waals surface area contributed by atoms with Gasteiger partial charge in [0.2, 0.25) is 0 Å². The minimum absolute atomic E-state index is 1.61. The van der Waals surface area contributed by atoms with E-state index in [0.29, 0.717) is 0 Å². The van der Waals surface area contributed by atoms with E-state index in [0.717, 1.165) is 0 Å². The number of thiophene rings is 3. The van der Waals surface area contributed by atoms with Crippen LogP contribution in [0.3, 0.4) is 0 Å². The zero-order chi connectivity index (χ0) is 11.7. The molecule has 0 aliphatic heterocycles. The van der Waals surface area contributed by atoms with Crippen LogP contribution in [0.5, 0.6) is 0 Å². The van der Waals surface area contributed by atoms with Crippen LogP contribution in [0.4, 0.5) is 0 Å². The van der Waals surface area contributed by atoms with Crippen LogP contribution in [0, 0.1) is 0 Å². The average molecular weight is 337 g/mol. The molecule has 86 valence electrons. The van der Waals surface area contributed by atoms with Gasteiger partial charge in [0, 0.05) is 0 Å². The van der Waals surface area contributed by atoms with E-state index in [1.807, 2.05) is 34.0 Å². The standard InChI is InChI=1S/C13H12GeS3/c1-14(11-5-2-8-15-11,12-6-3-9-16-12)13-7-4-10-17-13/h2-10H,1H3. The molecular formula is C13H12GeS3. The van der Waals surface area contributed by atoms with Gasteiger partial charge in [-0.25, -0.2) is 0 Å². The van der Waals surface area contributed by atoms with Crippen molar-refractivity contribution >= 4 is 58.4 Å². The van der Waals surface area contributed by atoms with E-state index < -0.39 is 13.3 Å². The van der Waals surface area contributed by atoms with Crippen LogP contribution in [-0.2, 0) is 0 Å². The SMILES string of the molecule is [CH3][Ge]([c]1cccs1)([c]1cccs1)[c]1cccs1. The molecule has 0 unspecified atom stereocenters. The maximum absolute atomic E-state index is 2.52. The average Bonchev–Trinajstić information content (AvgIpc) is 3.10. The topological polar surface area (TPSA) is 0 Å². The molecule has 0 amide bonds. The summed E-state index contributed by atoms with van der Waals surface area (Å²) in [6, 6.07) is 13.5. The summed E-state index contributed by atoms with van der Waals surface area (Å²) in [6.45, 7) is 0. The first-order valence-electron chi connectivity index (χ1n) is 5.44. The molecule has 0 atom stereocenters. The molecule has 0 fully saturated rings. The Morgan fingerprint density at radius 2 is 1.06 bits per heavy atom. The molecule has 0 saturated heterocycles. The zero-order valence-corrected chi connectivity index (χ0v) is 14.0. The summed E-state index contributed by atoms with van der Waals surface area (Å²) in [5.74, 6) is 2.52. The molecular weight excluding hydrogens is 325 g/mol. The van der Waals surface area contributed by atoms with Gasteiger partial charge in [-0.05, 0) is 0 Å². The first-order chi connectivity index (χ1) is 8.32. The molecule has 0 aliphatic rings. The second-order valence-corrected chi connectivity index (χ2v) is 17.3. The zero-order valence-electron chi connectivity index (χ0n) is 9.42. The van der Waals surface area contributed by atoms with Crippen LogP contribution < -0.4 is 11.1 Å². The van der Waals surface area contributed by atoms with Crippen molar-refractivity contribution in [2.24, 2.45) is 0 Å². The Hall–Kier alpha value is -0.357. The van der Waals surface area contributed by atoms with Gasteiger partial charge in [-0.15, -0.1) is 0 Å². The fourth-order valence-corrected chi connectivity index (χ4v) is 18.5. The van der Waals surface area contributed by atoms with Gasteiger partial charge in [0.15, 0.2) is 0 Å². The Bertz CT molecular complexity index is 480. The van der Waals surface area contributed by atoms with Crippen LogP contribution in [0.2, 0.25) is 5.76 Å². The van der Waals surface area contributed by atoms with Crippen molar-refractivity contribution in [2.75, 3.05) is 0 Å².